The first-order valence-electron chi connectivity index (χ1n) is 10.9. The van der Waals surface area contributed by atoms with Gasteiger partial charge >= 0.3 is 0 Å². The first-order valence-corrected chi connectivity index (χ1v) is 13.2. The molecule has 1 amide bonds. The van der Waals surface area contributed by atoms with E-state index in [2.05, 4.69) is 27.6 Å². The van der Waals surface area contributed by atoms with Crippen LogP contribution >= 0.6 is 34.4 Å². The lowest BCUT2D eigenvalue weighted by atomic mass is 10.00. The number of thioether (sulfide) groups is 1. The fraction of sp³-hybridized carbons (Fsp3) is 0.154. The minimum Gasteiger partial charge on any atom is -0.854 e. The molecule has 0 radical (unpaired) electrons. The van der Waals surface area contributed by atoms with E-state index in [9.17, 15) is 9.90 Å². The Bertz CT molecular complexity index is 1470. The number of methoxy groups -OCH3 is 2. The summed E-state index contributed by atoms with van der Waals surface area (Å²) in [7, 11) is 3.14. The van der Waals surface area contributed by atoms with E-state index in [1.54, 1.807) is 42.2 Å². The van der Waals surface area contributed by atoms with E-state index in [-0.39, 0.29) is 5.91 Å². The van der Waals surface area contributed by atoms with Gasteiger partial charge in [-0.2, -0.15) is 0 Å². The predicted octanol–water partition coefficient (Wildman–Crippen LogP) is 4.06. The molecule has 0 spiro atoms. The molecule has 182 valence electrons. The Kier molecular flexibility index (Phi) is 6.71. The normalized spacial score (nSPS) is 14.1. The maximum absolute atomic E-state index is 14.1. The second-order valence-corrected chi connectivity index (χ2v) is 9.80. The summed E-state index contributed by atoms with van der Waals surface area (Å²) >= 11 is 3.44. The highest BCUT2D eigenvalue weighted by Gasteiger charge is 2.45. The SMILES string of the molecule is COc1cc(C2N(C(=O)c3ccccc3)c3ccccc3-c3c([O-])nc(SC)n[n+]32)cc(I)c1OC. The van der Waals surface area contributed by atoms with Crippen LogP contribution in [-0.2, 0) is 0 Å². The van der Waals surface area contributed by atoms with Crippen molar-refractivity contribution in [2.45, 2.75) is 11.3 Å². The highest BCUT2D eigenvalue weighted by atomic mass is 127. The van der Waals surface area contributed by atoms with Crippen molar-refractivity contribution in [1.29, 1.82) is 0 Å². The van der Waals surface area contributed by atoms with Crippen molar-refractivity contribution in [3.05, 3.63) is 81.4 Å². The molecule has 0 bridgehead atoms. The van der Waals surface area contributed by atoms with E-state index in [0.29, 0.717) is 44.7 Å². The molecule has 0 N–H and O–H groups in total. The molecule has 1 aromatic heterocycles. The number of ether oxygens (including phenoxy) is 2. The van der Waals surface area contributed by atoms with Gasteiger partial charge in [0.2, 0.25) is 0 Å². The largest absolute Gasteiger partial charge is 0.854 e. The number of aromatic nitrogens is 3. The molecule has 0 saturated heterocycles. The summed E-state index contributed by atoms with van der Waals surface area (Å²) in [6.45, 7) is 0. The van der Waals surface area contributed by atoms with Gasteiger partial charge in [0.1, 0.15) is 0 Å². The number of benzene rings is 3. The molecule has 1 aliphatic rings. The van der Waals surface area contributed by atoms with Gasteiger partial charge in [-0.05, 0) is 65.2 Å². The molecule has 8 nitrogen and oxygen atoms in total. The monoisotopic (exact) mass is 612 g/mol. The Balaban J connectivity index is 1.85. The third kappa shape index (κ3) is 4.03. The Hall–Kier alpha value is -3.38. The zero-order chi connectivity index (χ0) is 25.4. The van der Waals surface area contributed by atoms with Crippen LogP contribution in [0, 0.1) is 3.57 Å². The van der Waals surface area contributed by atoms with Crippen LogP contribution < -0.4 is 24.2 Å². The lowest BCUT2D eigenvalue weighted by Crippen LogP contribution is -2.59. The summed E-state index contributed by atoms with van der Waals surface area (Å²) in [6.07, 6.45) is 1.03. The topological polar surface area (TPSA) is 91.5 Å². The summed E-state index contributed by atoms with van der Waals surface area (Å²) in [5.74, 6) is 0.455. The number of hydrogen-bond acceptors (Lipinski definition) is 7. The van der Waals surface area contributed by atoms with E-state index >= 15 is 0 Å². The van der Waals surface area contributed by atoms with Gasteiger partial charge < -0.3 is 14.6 Å². The standard InChI is InChI=1S/C26H21IN4O4S/c1-34-20-14-16(13-18(27)22(20)35-2)24-30(25(33)15-9-5-4-6-10-15)19-12-8-7-11-17(19)21-23(32)28-26(36-3)29-31(21)24/h4-14,24H,1-3H3. The van der Waals surface area contributed by atoms with Crippen molar-refractivity contribution >= 4 is 45.9 Å². The third-order valence-electron chi connectivity index (χ3n) is 5.89. The van der Waals surface area contributed by atoms with Crippen molar-refractivity contribution in [2.75, 3.05) is 25.4 Å². The van der Waals surface area contributed by atoms with Crippen LogP contribution in [-0.4, -0.2) is 36.5 Å². The molecule has 1 aliphatic heterocycles. The highest BCUT2D eigenvalue weighted by molar-refractivity contribution is 14.1. The minimum absolute atomic E-state index is 0.229. The van der Waals surface area contributed by atoms with E-state index in [1.807, 2.05) is 54.6 Å². The number of amides is 1. The number of para-hydroxylation sites is 1. The molecule has 1 unspecified atom stereocenters. The van der Waals surface area contributed by atoms with Crippen molar-refractivity contribution in [3.8, 4) is 28.6 Å². The van der Waals surface area contributed by atoms with E-state index < -0.39 is 12.0 Å². The maximum Gasteiger partial charge on any atom is 0.293 e. The molecule has 0 aliphatic carbocycles. The van der Waals surface area contributed by atoms with Crippen LogP contribution in [0.3, 0.4) is 0 Å². The maximum atomic E-state index is 14.1. The summed E-state index contributed by atoms with van der Waals surface area (Å²) < 4.78 is 13.5. The van der Waals surface area contributed by atoms with Crippen molar-refractivity contribution in [1.82, 2.24) is 10.1 Å². The summed E-state index contributed by atoms with van der Waals surface area (Å²) in [6, 6.07) is 20.1. The number of nitrogens with zero attached hydrogens (tertiary/aromatic N) is 4. The zero-order valence-corrected chi connectivity index (χ0v) is 22.6. The number of anilines is 1. The molecular weight excluding hydrogens is 591 g/mol. The van der Waals surface area contributed by atoms with Crippen molar-refractivity contribution in [2.24, 2.45) is 0 Å². The molecule has 2 heterocycles. The van der Waals surface area contributed by atoms with Gasteiger partial charge in [-0.15, -0.1) is 0 Å². The van der Waals surface area contributed by atoms with Crippen LogP contribution in [0.25, 0.3) is 11.3 Å². The number of hydrogen-bond donors (Lipinski definition) is 0. The van der Waals surface area contributed by atoms with Crippen molar-refractivity contribution < 1.29 is 24.1 Å². The predicted molar refractivity (Wildman–Crippen MR) is 143 cm³/mol. The van der Waals surface area contributed by atoms with Gasteiger partial charge in [0, 0.05) is 10.7 Å². The van der Waals surface area contributed by atoms with Crippen LogP contribution in [0.1, 0.15) is 22.1 Å². The average molecular weight is 612 g/mol. The van der Waals surface area contributed by atoms with Crippen LogP contribution in [0.15, 0.2) is 71.9 Å². The van der Waals surface area contributed by atoms with Gasteiger partial charge in [-0.25, -0.2) is 9.88 Å². The van der Waals surface area contributed by atoms with E-state index in [4.69, 9.17) is 14.6 Å². The van der Waals surface area contributed by atoms with Gasteiger partial charge in [0.25, 0.3) is 22.9 Å². The van der Waals surface area contributed by atoms with Gasteiger partial charge in [0.15, 0.2) is 11.5 Å². The summed E-state index contributed by atoms with van der Waals surface area (Å²) in [5, 5.41) is 18.3. The zero-order valence-electron chi connectivity index (χ0n) is 19.6. The average Bonchev–Trinajstić information content (AvgIpc) is 2.91. The van der Waals surface area contributed by atoms with E-state index in [0.717, 1.165) is 3.57 Å². The number of carbonyl (C=O) groups is 1. The third-order valence-corrected chi connectivity index (χ3v) is 7.23. The smallest absolute Gasteiger partial charge is 0.293 e. The molecule has 3 aromatic carbocycles. The quantitative estimate of drug-likeness (QED) is 0.191. The summed E-state index contributed by atoms with van der Waals surface area (Å²) in [5.41, 5.74) is 2.71. The molecule has 0 fully saturated rings. The number of carbonyl (C=O) groups excluding carboxylic acids is 1. The number of fused-ring (bicyclic) bond motifs is 3. The van der Waals surface area contributed by atoms with Gasteiger partial charge in [-0.1, -0.05) is 46.8 Å². The van der Waals surface area contributed by atoms with Crippen LogP contribution in [0.5, 0.6) is 17.4 Å². The Morgan fingerprint density at radius 1 is 1.08 bits per heavy atom. The van der Waals surface area contributed by atoms with Crippen LogP contribution in [0.2, 0.25) is 0 Å². The van der Waals surface area contributed by atoms with E-state index in [1.165, 1.54) is 11.8 Å². The molecule has 4 aromatic rings. The van der Waals surface area contributed by atoms with Gasteiger partial charge in [0.05, 0.1) is 40.5 Å². The first-order chi connectivity index (χ1) is 17.5. The van der Waals surface area contributed by atoms with Crippen molar-refractivity contribution in [3.63, 3.8) is 0 Å². The number of rotatable bonds is 5. The van der Waals surface area contributed by atoms with Gasteiger partial charge in [-0.3, -0.25) is 4.79 Å². The molecule has 0 saturated carbocycles. The fourth-order valence-corrected chi connectivity index (χ4v) is 5.54. The lowest BCUT2D eigenvalue weighted by Gasteiger charge is -2.33. The Labute approximate surface area is 226 Å². The summed E-state index contributed by atoms with van der Waals surface area (Å²) in [4.78, 5) is 19.9. The number of halogens is 1. The molecule has 36 heavy (non-hydrogen) atoms. The minimum atomic E-state index is -0.780. The highest BCUT2D eigenvalue weighted by Crippen LogP contribution is 2.43. The second kappa shape index (κ2) is 9.94. The molecule has 1 atom stereocenters. The second-order valence-electron chi connectivity index (χ2n) is 7.87. The molecular formula is C26H21IN4O4S. The fourth-order valence-electron chi connectivity index (χ4n) is 4.35. The Morgan fingerprint density at radius 3 is 2.50 bits per heavy atom. The lowest BCUT2D eigenvalue weighted by molar-refractivity contribution is -0.764. The first kappa shape index (κ1) is 24.3. The Morgan fingerprint density at radius 2 is 1.81 bits per heavy atom. The van der Waals surface area contributed by atoms with Crippen LogP contribution in [0.4, 0.5) is 5.69 Å². The molecule has 10 heteroatoms. The molecule has 5 rings (SSSR count).